The molecule has 172 valence electrons. The summed E-state index contributed by atoms with van der Waals surface area (Å²) in [5.74, 6) is 0.793. The first-order chi connectivity index (χ1) is 16.4. The van der Waals surface area contributed by atoms with Gasteiger partial charge in [0.05, 0.1) is 12.2 Å². The van der Waals surface area contributed by atoms with E-state index >= 15 is 0 Å². The van der Waals surface area contributed by atoms with Crippen LogP contribution in [0.15, 0.2) is 88.1 Å². The number of carbonyl (C=O) groups excluding carboxylic acids is 1. The molecule has 0 radical (unpaired) electrons. The third kappa shape index (κ3) is 5.68. The quantitative estimate of drug-likeness (QED) is 0.280. The van der Waals surface area contributed by atoms with Crippen LogP contribution in [0.5, 0.6) is 5.75 Å². The molecule has 0 bridgehead atoms. The summed E-state index contributed by atoms with van der Waals surface area (Å²) >= 11 is 5.31. The van der Waals surface area contributed by atoms with Gasteiger partial charge in [-0.05, 0) is 72.2 Å². The molecule has 7 heteroatoms. The molecule has 2 N–H and O–H groups in total. The molecule has 0 aliphatic rings. The second kappa shape index (κ2) is 10.3. The van der Waals surface area contributed by atoms with Crippen molar-refractivity contribution in [3.8, 4) is 16.9 Å². The van der Waals surface area contributed by atoms with Crippen molar-refractivity contribution in [1.82, 2.24) is 5.32 Å². The first kappa shape index (κ1) is 23.2. The lowest BCUT2D eigenvalue weighted by molar-refractivity contribution is 0.0977. The van der Waals surface area contributed by atoms with Gasteiger partial charge in [0.2, 0.25) is 0 Å². The zero-order valence-electron chi connectivity index (χ0n) is 18.8. The molecule has 1 heterocycles. The van der Waals surface area contributed by atoms with Crippen LogP contribution >= 0.6 is 12.2 Å². The summed E-state index contributed by atoms with van der Waals surface area (Å²) in [5, 5.41) is 6.64. The molecule has 0 spiro atoms. The monoisotopic (exact) mass is 472 g/mol. The number of fused-ring (bicyclic) bond motifs is 1. The molecule has 0 aliphatic heterocycles. The predicted molar refractivity (Wildman–Crippen MR) is 138 cm³/mol. The first-order valence-corrected chi connectivity index (χ1v) is 11.3. The third-order valence-corrected chi connectivity index (χ3v) is 5.20. The van der Waals surface area contributed by atoms with Gasteiger partial charge >= 0.3 is 5.63 Å². The van der Waals surface area contributed by atoms with Gasteiger partial charge < -0.3 is 14.5 Å². The fourth-order valence-electron chi connectivity index (χ4n) is 3.33. The Morgan fingerprint density at radius 3 is 2.53 bits per heavy atom. The van der Waals surface area contributed by atoms with E-state index in [1.807, 2.05) is 24.3 Å². The summed E-state index contributed by atoms with van der Waals surface area (Å²) in [6, 6.07) is 23.2. The van der Waals surface area contributed by atoms with Crippen LogP contribution in [-0.4, -0.2) is 17.6 Å². The average molecular weight is 473 g/mol. The van der Waals surface area contributed by atoms with E-state index in [9.17, 15) is 9.59 Å². The molecule has 0 saturated carbocycles. The highest BCUT2D eigenvalue weighted by Crippen LogP contribution is 2.23. The molecular weight excluding hydrogens is 448 g/mol. The maximum atomic E-state index is 12.5. The number of nitrogens with one attached hydrogen (secondary N) is 2. The van der Waals surface area contributed by atoms with Gasteiger partial charge in [-0.1, -0.05) is 44.2 Å². The number of rotatable bonds is 6. The molecule has 0 unspecified atom stereocenters. The van der Waals surface area contributed by atoms with E-state index in [1.54, 1.807) is 54.6 Å². The van der Waals surface area contributed by atoms with Gasteiger partial charge in [-0.25, -0.2) is 4.79 Å². The predicted octanol–water partition coefficient (Wildman–Crippen LogP) is 5.62. The molecule has 1 amide bonds. The molecule has 0 fully saturated rings. The van der Waals surface area contributed by atoms with Crippen LogP contribution in [-0.2, 0) is 0 Å². The van der Waals surface area contributed by atoms with Crippen molar-refractivity contribution >= 4 is 39.9 Å². The molecule has 34 heavy (non-hydrogen) atoms. The van der Waals surface area contributed by atoms with Gasteiger partial charge in [0.1, 0.15) is 11.3 Å². The van der Waals surface area contributed by atoms with E-state index in [1.165, 1.54) is 0 Å². The minimum absolute atomic E-state index is 0.146. The Bertz CT molecular complexity index is 1390. The second-order valence-electron chi connectivity index (χ2n) is 8.20. The van der Waals surface area contributed by atoms with E-state index in [4.69, 9.17) is 21.4 Å². The molecule has 0 atom stereocenters. The lowest BCUT2D eigenvalue weighted by Crippen LogP contribution is -2.34. The van der Waals surface area contributed by atoms with Crippen molar-refractivity contribution in [2.75, 3.05) is 11.9 Å². The number of benzene rings is 3. The molecule has 4 aromatic rings. The Morgan fingerprint density at radius 1 is 1.00 bits per heavy atom. The van der Waals surface area contributed by atoms with E-state index in [2.05, 4.69) is 24.5 Å². The van der Waals surface area contributed by atoms with Crippen molar-refractivity contribution in [2.24, 2.45) is 5.92 Å². The summed E-state index contributed by atoms with van der Waals surface area (Å²) in [5.41, 5.74) is 2.32. The lowest BCUT2D eigenvalue weighted by Gasteiger charge is -2.12. The minimum Gasteiger partial charge on any atom is -0.493 e. The highest BCUT2D eigenvalue weighted by atomic mass is 32.1. The van der Waals surface area contributed by atoms with Crippen LogP contribution in [0.1, 0.15) is 24.2 Å². The van der Waals surface area contributed by atoms with Crippen molar-refractivity contribution in [2.45, 2.75) is 13.8 Å². The van der Waals surface area contributed by atoms with E-state index < -0.39 is 5.63 Å². The van der Waals surface area contributed by atoms with E-state index in [-0.39, 0.29) is 11.0 Å². The smallest absolute Gasteiger partial charge is 0.344 e. The van der Waals surface area contributed by atoms with Crippen LogP contribution in [0.25, 0.3) is 22.1 Å². The minimum atomic E-state index is -0.424. The number of thiocarbonyl (C=S) groups is 1. The van der Waals surface area contributed by atoms with Crippen molar-refractivity contribution in [3.63, 3.8) is 0 Å². The second-order valence-corrected chi connectivity index (χ2v) is 8.61. The highest BCUT2D eigenvalue weighted by Gasteiger charge is 2.11. The molecule has 0 saturated heterocycles. The normalized spacial score (nSPS) is 10.8. The standard InChI is InChI=1S/C27H24N2O4S/c1-17(2)16-32-22-12-10-18(11-13-22)25(30)29-27(34)28-21-8-5-7-19(14-21)23-15-20-6-3-4-9-24(20)33-26(23)31/h3-15,17H,16H2,1-2H3,(H2,28,29,30,34). The Balaban J connectivity index is 1.43. The first-order valence-electron chi connectivity index (χ1n) is 10.9. The molecule has 4 rings (SSSR count). The van der Waals surface area contributed by atoms with E-state index in [0.717, 1.165) is 5.39 Å². The molecular formula is C27H24N2O4S. The SMILES string of the molecule is CC(C)COc1ccc(C(=O)NC(=S)Nc2cccc(-c3cc4ccccc4oc3=O)c2)cc1. The summed E-state index contributed by atoms with van der Waals surface area (Å²) in [7, 11) is 0. The maximum Gasteiger partial charge on any atom is 0.344 e. The number of anilines is 1. The van der Waals surface area contributed by atoms with Gasteiger partial charge in [-0.2, -0.15) is 0 Å². The molecule has 6 nitrogen and oxygen atoms in total. The maximum absolute atomic E-state index is 12.5. The van der Waals surface area contributed by atoms with E-state index in [0.29, 0.717) is 46.2 Å². The number of ether oxygens (including phenoxy) is 1. The molecule has 0 aliphatic carbocycles. The highest BCUT2D eigenvalue weighted by molar-refractivity contribution is 7.80. The van der Waals surface area contributed by atoms with Gasteiger partial charge in [-0.3, -0.25) is 10.1 Å². The average Bonchev–Trinajstić information content (AvgIpc) is 2.82. The fraction of sp³-hybridized carbons (Fsp3) is 0.148. The number of hydrogen-bond donors (Lipinski definition) is 2. The fourth-order valence-corrected chi connectivity index (χ4v) is 3.54. The Hall–Kier alpha value is -3.97. The van der Waals surface area contributed by atoms with Crippen LogP contribution in [0.2, 0.25) is 0 Å². The molecule has 1 aromatic heterocycles. The largest absolute Gasteiger partial charge is 0.493 e. The Labute approximate surface area is 202 Å². The summed E-state index contributed by atoms with van der Waals surface area (Å²) in [6.45, 7) is 4.75. The van der Waals surface area contributed by atoms with Gasteiger partial charge in [0.25, 0.3) is 5.91 Å². The number of carbonyl (C=O) groups is 1. The van der Waals surface area contributed by atoms with Gasteiger partial charge in [0, 0.05) is 16.6 Å². The number of hydrogen-bond acceptors (Lipinski definition) is 5. The zero-order chi connectivity index (χ0) is 24.1. The van der Waals surface area contributed by atoms with Crippen molar-refractivity contribution < 1.29 is 13.9 Å². The summed E-state index contributed by atoms with van der Waals surface area (Å²) in [4.78, 5) is 25.0. The molecule has 3 aromatic carbocycles. The van der Waals surface area contributed by atoms with Crippen molar-refractivity contribution in [1.29, 1.82) is 0 Å². The Kier molecular flexibility index (Phi) is 7.04. The van der Waals surface area contributed by atoms with Crippen LogP contribution in [0.3, 0.4) is 0 Å². The summed E-state index contributed by atoms with van der Waals surface area (Å²) in [6.07, 6.45) is 0. The number of para-hydroxylation sites is 1. The van der Waals surface area contributed by atoms with Crippen LogP contribution in [0.4, 0.5) is 5.69 Å². The number of amides is 1. The summed E-state index contributed by atoms with van der Waals surface area (Å²) < 4.78 is 11.1. The van der Waals surface area contributed by atoms with Crippen LogP contribution in [0, 0.1) is 5.92 Å². The topological polar surface area (TPSA) is 80.6 Å². The van der Waals surface area contributed by atoms with Gasteiger partial charge in [-0.15, -0.1) is 0 Å². The van der Waals surface area contributed by atoms with Crippen LogP contribution < -0.4 is 21.0 Å². The third-order valence-electron chi connectivity index (χ3n) is 5.00. The zero-order valence-corrected chi connectivity index (χ0v) is 19.6. The Morgan fingerprint density at radius 2 is 1.76 bits per heavy atom. The lowest BCUT2D eigenvalue weighted by atomic mass is 10.1. The van der Waals surface area contributed by atoms with Gasteiger partial charge in [0.15, 0.2) is 5.11 Å². The van der Waals surface area contributed by atoms with Crippen molar-refractivity contribution in [3.05, 3.63) is 94.8 Å².